The Kier molecular flexibility index (Phi) is 4.48. The van der Waals surface area contributed by atoms with E-state index < -0.39 is 10.2 Å². The summed E-state index contributed by atoms with van der Waals surface area (Å²) in [6.07, 6.45) is 3.33. The molecule has 8 heteroatoms. The Morgan fingerprint density at radius 2 is 2.00 bits per heavy atom. The molecule has 0 saturated carbocycles. The van der Waals surface area contributed by atoms with Crippen LogP contribution in [0.5, 0.6) is 0 Å². The molecule has 2 atom stereocenters. The Morgan fingerprint density at radius 3 is 2.50 bits per heavy atom. The zero-order chi connectivity index (χ0) is 14.9. The van der Waals surface area contributed by atoms with E-state index in [0.717, 1.165) is 5.56 Å². The average molecular weight is 302 g/mol. The van der Waals surface area contributed by atoms with Gasteiger partial charge in [-0.25, -0.2) is 0 Å². The number of aryl methyl sites for hydroxylation is 1. The van der Waals surface area contributed by atoms with E-state index in [2.05, 4.69) is 5.10 Å². The first-order valence-electron chi connectivity index (χ1n) is 6.63. The van der Waals surface area contributed by atoms with E-state index in [-0.39, 0.29) is 12.2 Å². The molecule has 0 bridgehead atoms. The summed E-state index contributed by atoms with van der Waals surface area (Å²) in [5, 5.41) is 4.05. The second kappa shape index (κ2) is 5.80. The standard InChI is InChI=1S/C12H22N4O3S/c1-10-6-16(7-11(2)19-10)20(17,18)15(4)9-12-5-13-14(3)8-12/h5,8,10-11H,6-7,9H2,1-4H3/t10-,11-/m1/s1. The van der Waals surface area contributed by atoms with Crippen molar-refractivity contribution < 1.29 is 13.2 Å². The van der Waals surface area contributed by atoms with E-state index in [1.807, 2.05) is 27.1 Å². The van der Waals surface area contributed by atoms with Crippen LogP contribution in [0.25, 0.3) is 0 Å². The molecule has 0 N–H and O–H groups in total. The molecule has 2 heterocycles. The Labute approximate surface area is 120 Å². The summed E-state index contributed by atoms with van der Waals surface area (Å²) in [6.45, 7) is 4.88. The lowest BCUT2D eigenvalue weighted by Crippen LogP contribution is -2.52. The topological polar surface area (TPSA) is 67.7 Å². The van der Waals surface area contributed by atoms with Crippen LogP contribution in [0.4, 0.5) is 0 Å². The van der Waals surface area contributed by atoms with Gasteiger partial charge in [0.15, 0.2) is 0 Å². The van der Waals surface area contributed by atoms with Gasteiger partial charge < -0.3 is 4.74 Å². The van der Waals surface area contributed by atoms with Crippen molar-refractivity contribution in [1.82, 2.24) is 18.4 Å². The van der Waals surface area contributed by atoms with Crippen LogP contribution in [0.3, 0.4) is 0 Å². The highest BCUT2D eigenvalue weighted by Gasteiger charge is 2.33. The summed E-state index contributed by atoms with van der Waals surface area (Å²) in [5.41, 5.74) is 0.868. The molecule has 1 aliphatic rings. The highest BCUT2D eigenvalue weighted by Crippen LogP contribution is 2.18. The third-order valence-electron chi connectivity index (χ3n) is 3.27. The maximum atomic E-state index is 12.6. The lowest BCUT2D eigenvalue weighted by atomic mass is 10.3. The van der Waals surface area contributed by atoms with Crippen molar-refractivity contribution in [3.63, 3.8) is 0 Å². The normalized spacial score (nSPS) is 25.2. The fourth-order valence-electron chi connectivity index (χ4n) is 2.41. The van der Waals surface area contributed by atoms with E-state index in [4.69, 9.17) is 4.74 Å². The molecule has 114 valence electrons. The Hall–Kier alpha value is -0.960. The van der Waals surface area contributed by atoms with Gasteiger partial charge in [-0.3, -0.25) is 4.68 Å². The first-order valence-corrected chi connectivity index (χ1v) is 8.03. The summed E-state index contributed by atoms with van der Waals surface area (Å²) < 4.78 is 35.2. The highest BCUT2D eigenvalue weighted by molar-refractivity contribution is 7.86. The Balaban J connectivity index is 2.08. The van der Waals surface area contributed by atoms with Crippen LogP contribution in [0.15, 0.2) is 12.4 Å². The third kappa shape index (κ3) is 3.38. The molecule has 0 aromatic carbocycles. The van der Waals surface area contributed by atoms with Gasteiger partial charge in [0, 0.05) is 45.5 Å². The van der Waals surface area contributed by atoms with E-state index in [0.29, 0.717) is 19.6 Å². The maximum Gasteiger partial charge on any atom is 0.282 e. The second-order valence-electron chi connectivity index (χ2n) is 5.36. The number of rotatable bonds is 4. The smallest absolute Gasteiger partial charge is 0.282 e. The monoisotopic (exact) mass is 302 g/mol. The number of aromatic nitrogens is 2. The molecule has 0 aliphatic carbocycles. The molecule has 2 rings (SSSR count). The van der Waals surface area contributed by atoms with Crippen LogP contribution >= 0.6 is 0 Å². The van der Waals surface area contributed by atoms with Gasteiger partial charge in [-0.2, -0.15) is 22.1 Å². The minimum atomic E-state index is -3.47. The lowest BCUT2D eigenvalue weighted by Gasteiger charge is -2.36. The van der Waals surface area contributed by atoms with Crippen LogP contribution < -0.4 is 0 Å². The van der Waals surface area contributed by atoms with Crippen molar-refractivity contribution in [3.05, 3.63) is 18.0 Å². The van der Waals surface area contributed by atoms with Gasteiger partial charge in [-0.05, 0) is 13.8 Å². The van der Waals surface area contributed by atoms with Gasteiger partial charge in [0.05, 0.1) is 18.4 Å². The van der Waals surface area contributed by atoms with Crippen LogP contribution in [0.1, 0.15) is 19.4 Å². The fourth-order valence-corrected chi connectivity index (χ4v) is 3.91. The molecule has 0 spiro atoms. The summed E-state index contributed by atoms with van der Waals surface area (Å²) in [7, 11) is -0.0679. The van der Waals surface area contributed by atoms with Crippen LogP contribution in [-0.4, -0.2) is 59.2 Å². The molecule has 1 fully saturated rings. The molecule has 7 nitrogen and oxygen atoms in total. The Morgan fingerprint density at radius 1 is 1.40 bits per heavy atom. The highest BCUT2D eigenvalue weighted by atomic mass is 32.2. The maximum absolute atomic E-state index is 12.6. The fraction of sp³-hybridized carbons (Fsp3) is 0.750. The van der Waals surface area contributed by atoms with Crippen LogP contribution in [0.2, 0.25) is 0 Å². The molecule has 1 aliphatic heterocycles. The van der Waals surface area contributed by atoms with Gasteiger partial charge in [0.2, 0.25) is 0 Å². The average Bonchev–Trinajstić information content (AvgIpc) is 2.73. The first kappa shape index (κ1) is 15.4. The van der Waals surface area contributed by atoms with Crippen LogP contribution in [0, 0.1) is 0 Å². The second-order valence-corrected chi connectivity index (χ2v) is 7.40. The zero-order valence-electron chi connectivity index (χ0n) is 12.4. The van der Waals surface area contributed by atoms with Crippen molar-refractivity contribution >= 4 is 10.2 Å². The predicted octanol–water partition coefficient (Wildman–Crippen LogP) is 0.206. The lowest BCUT2D eigenvalue weighted by molar-refractivity contribution is -0.0453. The number of morpholine rings is 1. The summed E-state index contributed by atoms with van der Waals surface area (Å²) in [4.78, 5) is 0. The van der Waals surface area contributed by atoms with E-state index >= 15 is 0 Å². The van der Waals surface area contributed by atoms with E-state index in [1.165, 1.54) is 8.61 Å². The van der Waals surface area contributed by atoms with Crippen molar-refractivity contribution in [2.24, 2.45) is 7.05 Å². The number of nitrogens with zero attached hydrogens (tertiary/aromatic N) is 4. The van der Waals surface area contributed by atoms with Gasteiger partial charge >= 0.3 is 0 Å². The summed E-state index contributed by atoms with van der Waals surface area (Å²) >= 11 is 0. The summed E-state index contributed by atoms with van der Waals surface area (Å²) in [6, 6.07) is 0. The minimum Gasteiger partial charge on any atom is -0.373 e. The molecule has 0 radical (unpaired) electrons. The largest absolute Gasteiger partial charge is 0.373 e. The molecule has 1 aromatic heterocycles. The SMILES string of the molecule is C[C@@H]1CN(S(=O)(=O)N(C)Cc2cnn(C)c2)C[C@@H](C)O1. The van der Waals surface area contributed by atoms with Crippen molar-refractivity contribution in [2.75, 3.05) is 20.1 Å². The number of ether oxygens (including phenoxy) is 1. The van der Waals surface area contributed by atoms with E-state index in [1.54, 1.807) is 17.9 Å². The van der Waals surface area contributed by atoms with Gasteiger partial charge in [-0.15, -0.1) is 0 Å². The molecule has 0 unspecified atom stereocenters. The van der Waals surface area contributed by atoms with Crippen molar-refractivity contribution in [3.8, 4) is 0 Å². The molecule has 0 amide bonds. The first-order chi connectivity index (χ1) is 9.29. The quantitative estimate of drug-likeness (QED) is 0.797. The predicted molar refractivity (Wildman–Crippen MR) is 75.2 cm³/mol. The van der Waals surface area contributed by atoms with Gasteiger partial charge in [0.1, 0.15) is 0 Å². The molecule has 1 aromatic rings. The van der Waals surface area contributed by atoms with Crippen molar-refractivity contribution in [2.45, 2.75) is 32.6 Å². The third-order valence-corrected chi connectivity index (χ3v) is 5.14. The van der Waals surface area contributed by atoms with Crippen molar-refractivity contribution in [1.29, 1.82) is 0 Å². The molecular formula is C12H22N4O3S. The minimum absolute atomic E-state index is 0.0830. The van der Waals surface area contributed by atoms with E-state index in [9.17, 15) is 8.42 Å². The molecular weight excluding hydrogens is 280 g/mol. The van der Waals surface area contributed by atoms with Gasteiger partial charge in [0.25, 0.3) is 10.2 Å². The summed E-state index contributed by atoms with van der Waals surface area (Å²) in [5.74, 6) is 0. The molecule has 1 saturated heterocycles. The number of hydrogen-bond acceptors (Lipinski definition) is 4. The molecule has 20 heavy (non-hydrogen) atoms. The number of hydrogen-bond donors (Lipinski definition) is 0. The van der Waals surface area contributed by atoms with Gasteiger partial charge in [-0.1, -0.05) is 0 Å². The Bertz CT molecular complexity index is 547. The zero-order valence-corrected chi connectivity index (χ0v) is 13.2. The van der Waals surface area contributed by atoms with Crippen LogP contribution in [-0.2, 0) is 28.5 Å².